The average molecular weight is 1010 g/mol. The SMILES string of the molecule is CCCCCCCC/C=C\CCCCCCCCCCCC(=O)NC(COP(=O)(O)OCC[N+](C)(C)C)C(O)CCCCCCCCCCCCCCCCCCCCCCCCCCCCCCC. The highest BCUT2D eigenvalue weighted by atomic mass is 31.2. The first kappa shape index (κ1) is 69.2. The summed E-state index contributed by atoms with van der Waals surface area (Å²) in [6.07, 6.45) is 65.7. The molecule has 0 aliphatic carbocycles. The molecule has 1 amide bonds. The maximum absolute atomic E-state index is 13.0. The molecule has 0 aromatic rings. The van der Waals surface area contributed by atoms with E-state index in [0.29, 0.717) is 23.9 Å². The number of phosphoric ester groups is 1. The van der Waals surface area contributed by atoms with Crippen LogP contribution < -0.4 is 5.32 Å². The number of quaternary nitrogens is 1. The van der Waals surface area contributed by atoms with E-state index in [2.05, 4.69) is 31.3 Å². The predicted octanol–water partition coefficient (Wildman–Crippen LogP) is 19.0. The summed E-state index contributed by atoms with van der Waals surface area (Å²) in [6.45, 7) is 4.93. The van der Waals surface area contributed by atoms with Crippen LogP contribution in [0.1, 0.15) is 322 Å². The Kier molecular flexibility index (Phi) is 52.5. The van der Waals surface area contributed by atoms with Crippen molar-refractivity contribution < 1.29 is 32.9 Å². The highest BCUT2D eigenvalue weighted by Gasteiger charge is 2.28. The van der Waals surface area contributed by atoms with E-state index in [4.69, 9.17) is 9.05 Å². The van der Waals surface area contributed by atoms with Crippen molar-refractivity contribution in [3.63, 3.8) is 0 Å². The van der Waals surface area contributed by atoms with Gasteiger partial charge in [-0.1, -0.05) is 289 Å². The summed E-state index contributed by atoms with van der Waals surface area (Å²) in [5.74, 6) is -0.141. The van der Waals surface area contributed by atoms with Crippen molar-refractivity contribution in [2.24, 2.45) is 0 Å². The zero-order valence-electron chi connectivity index (χ0n) is 47.8. The number of unbranched alkanes of at least 4 members (excludes halogenated alkanes) is 43. The fourth-order valence-electron chi connectivity index (χ4n) is 9.63. The number of rotatable bonds is 58. The number of amides is 1. The molecule has 0 heterocycles. The van der Waals surface area contributed by atoms with Crippen molar-refractivity contribution in [2.45, 2.75) is 334 Å². The van der Waals surface area contributed by atoms with E-state index < -0.39 is 20.0 Å². The third kappa shape index (κ3) is 55.0. The van der Waals surface area contributed by atoms with Crippen LogP contribution in [0.2, 0.25) is 0 Å². The maximum Gasteiger partial charge on any atom is 0.472 e. The molecule has 0 spiro atoms. The molecule has 3 atom stereocenters. The fraction of sp³-hybridized carbons (Fsp3) is 0.951. The first-order valence-corrected chi connectivity index (χ1v) is 32.5. The first-order chi connectivity index (χ1) is 34.0. The van der Waals surface area contributed by atoms with Crippen LogP contribution in [0.25, 0.3) is 0 Å². The molecular weight excluding hydrogens is 888 g/mol. The Morgan fingerprint density at radius 3 is 1.10 bits per heavy atom. The molecule has 0 rings (SSSR count). The minimum atomic E-state index is -4.32. The zero-order chi connectivity index (χ0) is 51.3. The normalized spacial score (nSPS) is 13.9. The number of aliphatic hydroxyl groups is 1. The molecule has 0 aliphatic heterocycles. The first-order valence-electron chi connectivity index (χ1n) is 31.1. The lowest BCUT2D eigenvalue weighted by Crippen LogP contribution is -2.46. The van der Waals surface area contributed by atoms with E-state index in [1.54, 1.807) is 0 Å². The largest absolute Gasteiger partial charge is 0.472 e. The lowest BCUT2D eigenvalue weighted by atomic mass is 10.0. The monoisotopic (exact) mass is 1010 g/mol. The van der Waals surface area contributed by atoms with Crippen LogP contribution in [0.4, 0.5) is 0 Å². The number of carbonyl (C=O) groups excluding carboxylic acids is 1. The van der Waals surface area contributed by atoms with Gasteiger partial charge in [0.15, 0.2) is 0 Å². The molecule has 8 nitrogen and oxygen atoms in total. The van der Waals surface area contributed by atoms with Gasteiger partial charge in [0.2, 0.25) is 5.91 Å². The third-order valence-electron chi connectivity index (χ3n) is 14.5. The van der Waals surface area contributed by atoms with E-state index in [0.717, 1.165) is 38.5 Å². The quantitative estimate of drug-likeness (QED) is 0.0243. The summed E-state index contributed by atoms with van der Waals surface area (Å²) in [5, 5.41) is 14.1. The van der Waals surface area contributed by atoms with Gasteiger partial charge >= 0.3 is 7.82 Å². The molecule has 0 saturated carbocycles. The van der Waals surface area contributed by atoms with Crippen molar-refractivity contribution in [2.75, 3.05) is 40.9 Å². The van der Waals surface area contributed by atoms with Gasteiger partial charge in [-0.2, -0.15) is 0 Å². The van der Waals surface area contributed by atoms with Crippen molar-refractivity contribution in [1.82, 2.24) is 5.32 Å². The molecule has 0 aromatic heterocycles. The van der Waals surface area contributed by atoms with Gasteiger partial charge in [0.05, 0.1) is 39.9 Å². The van der Waals surface area contributed by atoms with Crippen LogP contribution in [0.5, 0.6) is 0 Å². The lowest BCUT2D eigenvalue weighted by Gasteiger charge is -2.26. The third-order valence-corrected chi connectivity index (χ3v) is 15.5. The van der Waals surface area contributed by atoms with Gasteiger partial charge in [-0.05, 0) is 38.5 Å². The van der Waals surface area contributed by atoms with Crippen molar-refractivity contribution >= 4 is 13.7 Å². The van der Waals surface area contributed by atoms with Gasteiger partial charge < -0.3 is 19.8 Å². The summed E-state index contributed by atoms with van der Waals surface area (Å²) in [4.78, 5) is 23.4. The maximum atomic E-state index is 13.0. The topological polar surface area (TPSA) is 105 Å². The molecule has 3 N–H and O–H groups in total. The highest BCUT2D eigenvalue weighted by Crippen LogP contribution is 2.43. The summed E-state index contributed by atoms with van der Waals surface area (Å²) in [7, 11) is 1.63. The van der Waals surface area contributed by atoms with Crippen molar-refractivity contribution in [1.29, 1.82) is 0 Å². The zero-order valence-corrected chi connectivity index (χ0v) is 48.7. The van der Waals surface area contributed by atoms with E-state index in [1.807, 2.05) is 21.1 Å². The Morgan fingerprint density at radius 2 is 0.771 bits per heavy atom. The van der Waals surface area contributed by atoms with Gasteiger partial charge in [-0.15, -0.1) is 0 Å². The number of allylic oxidation sites excluding steroid dienone is 2. The fourth-order valence-corrected chi connectivity index (χ4v) is 10.4. The van der Waals surface area contributed by atoms with Gasteiger partial charge in [-0.3, -0.25) is 13.8 Å². The Labute approximate surface area is 437 Å². The number of hydrogen-bond acceptors (Lipinski definition) is 5. The average Bonchev–Trinajstić information content (AvgIpc) is 3.32. The van der Waals surface area contributed by atoms with Gasteiger partial charge in [0.25, 0.3) is 0 Å². The van der Waals surface area contributed by atoms with Crippen LogP contribution >= 0.6 is 7.82 Å². The Morgan fingerprint density at radius 1 is 0.471 bits per heavy atom. The van der Waals surface area contributed by atoms with Crippen LogP contribution in [0.15, 0.2) is 12.2 Å². The Hall–Kier alpha value is -0.760. The lowest BCUT2D eigenvalue weighted by molar-refractivity contribution is -0.870. The van der Waals surface area contributed by atoms with Gasteiger partial charge in [0, 0.05) is 6.42 Å². The highest BCUT2D eigenvalue weighted by molar-refractivity contribution is 7.47. The molecule has 0 radical (unpaired) electrons. The smallest absolute Gasteiger partial charge is 0.391 e. The van der Waals surface area contributed by atoms with Gasteiger partial charge in [-0.25, -0.2) is 4.57 Å². The van der Waals surface area contributed by atoms with Crippen molar-refractivity contribution in [3.05, 3.63) is 12.2 Å². The molecule has 70 heavy (non-hydrogen) atoms. The molecule has 0 saturated heterocycles. The van der Waals surface area contributed by atoms with Crippen LogP contribution in [-0.4, -0.2) is 73.4 Å². The van der Waals surface area contributed by atoms with Crippen LogP contribution in [0.3, 0.4) is 0 Å². The predicted molar refractivity (Wildman–Crippen MR) is 305 cm³/mol. The minimum Gasteiger partial charge on any atom is -0.391 e. The Balaban J connectivity index is 4.06. The van der Waals surface area contributed by atoms with E-state index >= 15 is 0 Å². The molecule has 0 fully saturated rings. The standard InChI is InChI=1S/C61H123N2O6P/c1-6-8-10-12-14-16-18-20-22-24-26-27-28-29-30-31-32-33-34-35-37-38-40-42-44-46-48-50-52-54-60(64)59(58-69-70(66,67)68-57-56-63(3,4)5)62-61(65)55-53-51-49-47-45-43-41-39-36-25-23-21-19-17-15-13-11-9-7-2/h21,23,59-60,64H,6-20,22,24-58H2,1-5H3,(H-,62,65,66,67)/p+1/b23-21-. The number of phosphoric acid groups is 1. The molecule has 3 unspecified atom stereocenters. The number of likely N-dealkylation sites (N-methyl/N-ethyl adjacent to an activating group) is 1. The van der Waals surface area contributed by atoms with Crippen LogP contribution in [0, 0.1) is 0 Å². The molecule has 9 heteroatoms. The minimum absolute atomic E-state index is 0.0769. The number of aliphatic hydroxyl groups excluding tert-OH is 1. The number of nitrogens with zero attached hydrogens (tertiary/aromatic N) is 1. The summed E-state index contributed by atoms with van der Waals surface area (Å²) in [5.41, 5.74) is 0. The summed E-state index contributed by atoms with van der Waals surface area (Å²) < 4.78 is 23.8. The molecule has 418 valence electrons. The van der Waals surface area contributed by atoms with E-state index in [-0.39, 0.29) is 19.1 Å². The second-order valence-electron chi connectivity index (χ2n) is 22.8. The van der Waals surface area contributed by atoms with Gasteiger partial charge in [0.1, 0.15) is 13.2 Å². The summed E-state index contributed by atoms with van der Waals surface area (Å²) in [6, 6.07) is -0.760. The van der Waals surface area contributed by atoms with E-state index in [1.165, 1.54) is 257 Å². The van der Waals surface area contributed by atoms with E-state index in [9.17, 15) is 19.4 Å². The second-order valence-corrected chi connectivity index (χ2v) is 24.2. The van der Waals surface area contributed by atoms with Crippen molar-refractivity contribution in [3.8, 4) is 0 Å². The molecule has 0 aliphatic rings. The molecule has 0 aromatic carbocycles. The van der Waals surface area contributed by atoms with Crippen LogP contribution in [-0.2, 0) is 18.4 Å². The molecular formula is C61H124N2O6P+. The second kappa shape index (κ2) is 53.1. The number of nitrogens with one attached hydrogen (secondary N) is 1. The number of hydrogen-bond donors (Lipinski definition) is 3. The number of carbonyl (C=O) groups is 1. The molecule has 0 bridgehead atoms. The Bertz CT molecular complexity index is 1150. The summed E-state index contributed by atoms with van der Waals surface area (Å²) >= 11 is 0.